The molecule has 9 nitrogen and oxygen atoms in total. The molecule has 0 atom stereocenters. The number of rotatable bonds is 6. The first kappa shape index (κ1) is 22.8. The maximum atomic E-state index is 14.9. The van der Waals surface area contributed by atoms with Crippen LogP contribution in [-0.2, 0) is 0 Å². The third-order valence-corrected chi connectivity index (χ3v) is 5.43. The predicted molar refractivity (Wildman–Crippen MR) is 130 cm³/mol. The molecule has 36 heavy (non-hydrogen) atoms. The molecule has 0 aliphatic rings. The smallest absolute Gasteiger partial charge is 0.261 e. The predicted octanol–water partition coefficient (Wildman–Crippen LogP) is 5.08. The molecule has 2 N–H and O–H groups in total. The topological polar surface area (TPSA) is 119 Å². The van der Waals surface area contributed by atoms with Crippen molar-refractivity contribution in [2.24, 2.45) is 0 Å². The van der Waals surface area contributed by atoms with Crippen LogP contribution in [0.4, 0.5) is 10.1 Å². The number of nitrogens with one attached hydrogen (secondary N) is 2. The molecule has 5 aromatic rings. The maximum Gasteiger partial charge on any atom is 0.261 e. The SMILES string of the molecule is COc1ccc2nccc(Oc3ccc(NC(=O)c4c[nH]c(C)c(-c5ccco5)c4=O)cc3F)c2n1. The normalized spacial score (nSPS) is 10.9. The number of nitrogens with zero attached hydrogens (tertiary/aromatic N) is 2. The Morgan fingerprint density at radius 3 is 2.75 bits per heavy atom. The van der Waals surface area contributed by atoms with Crippen LogP contribution in [0, 0.1) is 12.7 Å². The number of furan rings is 1. The maximum absolute atomic E-state index is 14.9. The fourth-order valence-corrected chi connectivity index (χ4v) is 3.67. The average Bonchev–Trinajstić information content (AvgIpc) is 3.40. The van der Waals surface area contributed by atoms with E-state index in [1.165, 1.54) is 37.9 Å². The molecule has 0 fully saturated rings. The molecular weight excluding hydrogens is 467 g/mol. The fourth-order valence-electron chi connectivity index (χ4n) is 3.67. The lowest BCUT2D eigenvalue weighted by atomic mass is 10.1. The van der Waals surface area contributed by atoms with Gasteiger partial charge >= 0.3 is 0 Å². The molecule has 1 aromatic carbocycles. The number of aryl methyl sites for hydroxylation is 1. The molecule has 0 saturated carbocycles. The molecule has 0 aliphatic carbocycles. The third-order valence-electron chi connectivity index (χ3n) is 5.43. The molecule has 0 aliphatic heterocycles. The van der Waals surface area contributed by atoms with Crippen LogP contribution >= 0.6 is 0 Å². The third kappa shape index (κ3) is 4.27. The number of carbonyl (C=O) groups excluding carboxylic acids is 1. The van der Waals surface area contributed by atoms with Gasteiger partial charge in [0.15, 0.2) is 17.3 Å². The Morgan fingerprint density at radius 2 is 2.00 bits per heavy atom. The molecule has 4 aromatic heterocycles. The Bertz CT molecular complexity index is 1650. The summed E-state index contributed by atoms with van der Waals surface area (Å²) >= 11 is 0. The van der Waals surface area contributed by atoms with Crippen molar-refractivity contribution in [3.05, 3.63) is 94.5 Å². The van der Waals surface area contributed by atoms with E-state index in [1.54, 1.807) is 37.3 Å². The summed E-state index contributed by atoms with van der Waals surface area (Å²) in [5, 5.41) is 2.54. The van der Waals surface area contributed by atoms with E-state index in [0.29, 0.717) is 28.4 Å². The zero-order chi connectivity index (χ0) is 25.2. The molecule has 180 valence electrons. The minimum Gasteiger partial charge on any atom is -0.481 e. The number of ether oxygens (including phenoxy) is 2. The lowest BCUT2D eigenvalue weighted by Crippen LogP contribution is -2.23. The summed E-state index contributed by atoms with van der Waals surface area (Å²) in [5.41, 5.74) is 1.24. The van der Waals surface area contributed by atoms with Gasteiger partial charge in [-0.25, -0.2) is 9.37 Å². The minimum absolute atomic E-state index is 0.0848. The highest BCUT2D eigenvalue weighted by molar-refractivity contribution is 6.04. The van der Waals surface area contributed by atoms with Gasteiger partial charge in [-0.05, 0) is 37.3 Å². The summed E-state index contributed by atoms with van der Waals surface area (Å²) in [7, 11) is 1.49. The lowest BCUT2D eigenvalue weighted by molar-refractivity contribution is 0.102. The Hall–Kier alpha value is -4.99. The molecule has 1 amide bonds. The molecule has 0 unspecified atom stereocenters. The Morgan fingerprint density at radius 1 is 1.14 bits per heavy atom. The molecule has 0 radical (unpaired) electrons. The summed E-state index contributed by atoms with van der Waals surface area (Å²) in [6.07, 6.45) is 4.27. The van der Waals surface area contributed by atoms with Crippen LogP contribution in [0.2, 0.25) is 0 Å². The van der Waals surface area contributed by atoms with E-state index in [1.807, 2.05) is 0 Å². The van der Waals surface area contributed by atoms with Gasteiger partial charge in [-0.2, -0.15) is 0 Å². The van der Waals surface area contributed by atoms with Gasteiger partial charge in [0.25, 0.3) is 5.91 Å². The number of hydrogen-bond donors (Lipinski definition) is 2. The number of methoxy groups -OCH3 is 1. The number of hydrogen-bond acceptors (Lipinski definition) is 7. The zero-order valence-corrected chi connectivity index (χ0v) is 19.2. The van der Waals surface area contributed by atoms with E-state index in [-0.39, 0.29) is 28.3 Å². The Balaban J connectivity index is 1.39. The van der Waals surface area contributed by atoms with E-state index in [9.17, 15) is 14.0 Å². The van der Waals surface area contributed by atoms with Crippen LogP contribution in [0.15, 0.2) is 76.4 Å². The Kier molecular flexibility index (Phi) is 5.91. The van der Waals surface area contributed by atoms with Crippen LogP contribution in [0.3, 0.4) is 0 Å². The molecule has 0 saturated heterocycles. The van der Waals surface area contributed by atoms with Crippen LogP contribution in [0.25, 0.3) is 22.4 Å². The number of aromatic amines is 1. The first-order chi connectivity index (χ1) is 17.4. The molecular formula is C26H19FN4O5. The first-order valence-electron chi connectivity index (χ1n) is 10.8. The zero-order valence-electron chi connectivity index (χ0n) is 19.2. The van der Waals surface area contributed by atoms with Crippen molar-refractivity contribution in [3.8, 4) is 28.7 Å². The standard InChI is InChI=1S/C26H19FN4O5/c1-14-23(20-4-3-11-35-20)25(32)16(13-29-14)26(33)30-15-5-7-19(17(27)12-15)36-21-9-10-28-18-6-8-22(34-2)31-24(18)21/h3-13H,1-2H3,(H,29,32)(H,30,33). The summed E-state index contributed by atoms with van der Waals surface area (Å²) in [6, 6.07) is 12.1. The van der Waals surface area contributed by atoms with Crippen molar-refractivity contribution in [1.29, 1.82) is 0 Å². The first-order valence-corrected chi connectivity index (χ1v) is 10.8. The van der Waals surface area contributed by atoms with Crippen molar-refractivity contribution in [3.63, 3.8) is 0 Å². The van der Waals surface area contributed by atoms with Crippen LogP contribution in [0.1, 0.15) is 16.1 Å². The highest BCUT2D eigenvalue weighted by atomic mass is 19.1. The van der Waals surface area contributed by atoms with Gasteiger partial charge in [0, 0.05) is 42.0 Å². The molecule has 5 rings (SSSR count). The van der Waals surface area contributed by atoms with Gasteiger partial charge in [0.1, 0.15) is 16.8 Å². The monoisotopic (exact) mass is 486 g/mol. The van der Waals surface area contributed by atoms with Gasteiger partial charge < -0.3 is 24.2 Å². The summed E-state index contributed by atoms with van der Waals surface area (Å²) < 4.78 is 31.1. The Labute approximate surface area is 203 Å². The molecule has 0 spiro atoms. The van der Waals surface area contributed by atoms with E-state index in [0.717, 1.165) is 6.07 Å². The number of pyridine rings is 3. The van der Waals surface area contributed by atoms with Crippen LogP contribution < -0.4 is 20.2 Å². The summed E-state index contributed by atoms with van der Waals surface area (Å²) in [6.45, 7) is 1.70. The second-order valence-electron chi connectivity index (χ2n) is 7.74. The van der Waals surface area contributed by atoms with Gasteiger partial charge in [-0.1, -0.05) is 0 Å². The van der Waals surface area contributed by atoms with Crippen molar-refractivity contribution < 1.29 is 23.1 Å². The van der Waals surface area contributed by atoms with Gasteiger partial charge in [-0.3, -0.25) is 14.6 Å². The van der Waals surface area contributed by atoms with Crippen LogP contribution in [-0.4, -0.2) is 28.0 Å². The minimum atomic E-state index is -0.727. The summed E-state index contributed by atoms with van der Waals surface area (Å²) in [5.74, 6) is -0.528. The molecule has 0 bridgehead atoms. The highest BCUT2D eigenvalue weighted by Crippen LogP contribution is 2.31. The number of amides is 1. The van der Waals surface area contributed by atoms with Gasteiger partial charge in [0.05, 0.1) is 24.5 Å². The van der Waals surface area contributed by atoms with E-state index in [4.69, 9.17) is 13.9 Å². The number of carbonyl (C=O) groups is 1. The number of halogens is 1. The molecule has 10 heteroatoms. The van der Waals surface area contributed by atoms with E-state index < -0.39 is 17.2 Å². The number of H-pyrrole nitrogens is 1. The van der Waals surface area contributed by atoms with Crippen molar-refractivity contribution in [2.75, 3.05) is 12.4 Å². The molecule has 4 heterocycles. The number of fused-ring (bicyclic) bond motifs is 1. The van der Waals surface area contributed by atoms with Crippen molar-refractivity contribution in [2.45, 2.75) is 6.92 Å². The van der Waals surface area contributed by atoms with Crippen molar-refractivity contribution >= 4 is 22.6 Å². The van der Waals surface area contributed by atoms with E-state index >= 15 is 0 Å². The largest absolute Gasteiger partial charge is 0.481 e. The quantitative estimate of drug-likeness (QED) is 0.344. The second kappa shape index (κ2) is 9.34. The van der Waals surface area contributed by atoms with Crippen LogP contribution in [0.5, 0.6) is 17.4 Å². The summed E-state index contributed by atoms with van der Waals surface area (Å²) in [4.78, 5) is 37.2. The number of aromatic nitrogens is 3. The fraction of sp³-hybridized carbons (Fsp3) is 0.0769. The number of anilines is 1. The van der Waals surface area contributed by atoms with Gasteiger partial charge in [-0.15, -0.1) is 0 Å². The van der Waals surface area contributed by atoms with Gasteiger partial charge in [0.2, 0.25) is 11.3 Å². The highest BCUT2D eigenvalue weighted by Gasteiger charge is 2.19. The average molecular weight is 486 g/mol. The van der Waals surface area contributed by atoms with E-state index in [2.05, 4.69) is 20.3 Å². The number of benzene rings is 1. The van der Waals surface area contributed by atoms with Crippen molar-refractivity contribution in [1.82, 2.24) is 15.0 Å². The lowest BCUT2D eigenvalue weighted by Gasteiger charge is -2.11. The second-order valence-corrected chi connectivity index (χ2v) is 7.74.